The van der Waals surface area contributed by atoms with Gasteiger partial charge < -0.3 is 23.6 Å². The minimum atomic E-state index is -4.34. The highest BCUT2D eigenvalue weighted by Gasteiger charge is 2.50. The van der Waals surface area contributed by atoms with Crippen molar-refractivity contribution in [1.82, 2.24) is 0 Å². The van der Waals surface area contributed by atoms with Crippen molar-refractivity contribution in [3.8, 4) is 5.75 Å². The molecule has 0 bridgehead atoms. The maximum Gasteiger partial charge on any atom is 0.472 e. The lowest BCUT2D eigenvalue weighted by Crippen LogP contribution is -2.45. The summed E-state index contributed by atoms with van der Waals surface area (Å²) >= 11 is 0. The first kappa shape index (κ1) is 43.8. The average Bonchev–Trinajstić information content (AvgIpc) is 3.06. The zero-order chi connectivity index (χ0) is 38.5. The van der Waals surface area contributed by atoms with Crippen molar-refractivity contribution in [2.45, 2.75) is 73.6 Å². The van der Waals surface area contributed by atoms with Crippen molar-refractivity contribution in [2.24, 2.45) is 16.2 Å². The van der Waals surface area contributed by atoms with Crippen LogP contribution in [0.2, 0.25) is 0 Å². The molecule has 0 spiro atoms. The highest BCUT2D eigenvalue weighted by Crippen LogP contribution is 2.46. The summed E-state index contributed by atoms with van der Waals surface area (Å²) in [7, 11) is 1.39. The van der Waals surface area contributed by atoms with Crippen LogP contribution in [0.3, 0.4) is 0 Å². The Morgan fingerprint density at radius 3 is 1.84 bits per heavy atom. The summed E-state index contributed by atoms with van der Waals surface area (Å²) in [5, 5.41) is 0. The fourth-order valence-electron chi connectivity index (χ4n) is 5.55. The van der Waals surface area contributed by atoms with Gasteiger partial charge in [-0.3, -0.25) is 28.2 Å². The van der Waals surface area contributed by atoms with Crippen LogP contribution in [0, 0.1) is 16.2 Å². The maximum absolute atomic E-state index is 13.7. The van der Waals surface area contributed by atoms with Crippen LogP contribution in [0.4, 0.5) is 0 Å². The summed E-state index contributed by atoms with van der Waals surface area (Å²) in [5.41, 5.74) is -2.74. The topological polar surface area (TPSA) is 152 Å². The molecular formula is C38H57NO11P+. The van der Waals surface area contributed by atoms with E-state index in [0.717, 1.165) is 6.42 Å². The lowest BCUT2D eigenvalue weighted by Gasteiger charge is -2.39. The third kappa shape index (κ3) is 14.3. The quantitative estimate of drug-likeness (QED) is 0.0340. The number of unbranched alkanes of at least 4 members (excludes halogenated alkanes) is 1. The molecule has 0 aliphatic carbocycles. The van der Waals surface area contributed by atoms with E-state index in [1.54, 1.807) is 76.2 Å². The molecule has 51 heavy (non-hydrogen) atoms. The first-order valence-corrected chi connectivity index (χ1v) is 18.9. The number of ketones is 1. The summed E-state index contributed by atoms with van der Waals surface area (Å²) in [6, 6.07) is 15.1. The zero-order valence-electron chi connectivity index (χ0n) is 31.7. The lowest BCUT2D eigenvalue weighted by atomic mass is 9.65. The molecule has 2 aromatic carbocycles. The molecule has 13 heteroatoms. The number of rotatable bonds is 22. The molecule has 3 atom stereocenters. The van der Waals surface area contributed by atoms with Crippen molar-refractivity contribution in [2.75, 3.05) is 54.1 Å². The average molecular weight is 735 g/mol. The van der Waals surface area contributed by atoms with E-state index in [9.17, 15) is 28.6 Å². The molecule has 0 saturated carbocycles. The molecule has 3 unspecified atom stereocenters. The Kier molecular flexibility index (Phi) is 16.2. The summed E-state index contributed by atoms with van der Waals surface area (Å²) in [6.45, 7) is 10.4. The van der Waals surface area contributed by atoms with E-state index < -0.39 is 42.0 Å². The second kappa shape index (κ2) is 18.9. The molecule has 0 fully saturated rings. The van der Waals surface area contributed by atoms with Gasteiger partial charge in [0.2, 0.25) is 0 Å². The summed E-state index contributed by atoms with van der Waals surface area (Å²) in [4.78, 5) is 63.5. The first-order valence-electron chi connectivity index (χ1n) is 17.4. The third-order valence-electron chi connectivity index (χ3n) is 8.61. The van der Waals surface area contributed by atoms with Crippen LogP contribution >= 0.6 is 7.82 Å². The van der Waals surface area contributed by atoms with Gasteiger partial charge in [-0.05, 0) is 77.6 Å². The van der Waals surface area contributed by atoms with E-state index in [0.29, 0.717) is 35.0 Å². The molecule has 0 heterocycles. The SMILES string of the molecule is CCCCOC(=O)C(C)(CC(C)(C)C(=O)OCCOP(=O)(O)OCC[N+](C)(C)C)CC(C)(CC)C(=O)Oc1ccc(C(=O)c2ccccc2)cc1. The van der Waals surface area contributed by atoms with Gasteiger partial charge in [-0.2, -0.15) is 0 Å². The number of hydrogen-bond acceptors (Lipinski definition) is 10. The number of benzene rings is 2. The minimum Gasteiger partial charge on any atom is -0.465 e. The number of nitrogens with zero attached hydrogens (tertiary/aromatic N) is 1. The maximum atomic E-state index is 13.7. The van der Waals surface area contributed by atoms with Crippen LogP contribution in [-0.2, 0) is 37.5 Å². The van der Waals surface area contributed by atoms with E-state index in [1.807, 2.05) is 41.1 Å². The molecule has 0 saturated heterocycles. The Bertz CT molecular complexity index is 1500. The van der Waals surface area contributed by atoms with E-state index in [2.05, 4.69) is 0 Å². The van der Waals surface area contributed by atoms with Crippen molar-refractivity contribution in [3.05, 3.63) is 65.7 Å². The standard InChI is InChI=1S/C38H56NO11P/c1-10-12-23-46-34(42)38(6,27-36(3,4)33(41)47-25-26-49-51(44,45)48-24-22-39(7,8)9)28-37(5,11-2)35(43)50-31-20-18-30(19-21-31)32(40)29-16-14-13-15-17-29/h13-21H,10-12,22-28H2,1-9H3/p+1. The molecule has 284 valence electrons. The molecule has 0 radical (unpaired) electrons. The Labute approximate surface area is 303 Å². The zero-order valence-corrected chi connectivity index (χ0v) is 32.6. The molecule has 0 amide bonds. The Morgan fingerprint density at radius 2 is 1.27 bits per heavy atom. The summed E-state index contributed by atoms with van der Waals surface area (Å²) in [6.07, 6.45) is 1.74. The van der Waals surface area contributed by atoms with Crippen LogP contribution in [0.5, 0.6) is 5.75 Å². The van der Waals surface area contributed by atoms with Gasteiger partial charge in [0.1, 0.15) is 25.5 Å². The largest absolute Gasteiger partial charge is 0.472 e. The molecule has 0 aliphatic heterocycles. The van der Waals surface area contributed by atoms with Gasteiger partial charge in [-0.1, -0.05) is 50.6 Å². The normalized spacial score (nSPS) is 15.5. The molecule has 2 rings (SSSR count). The van der Waals surface area contributed by atoms with Gasteiger partial charge in [-0.25, -0.2) is 4.57 Å². The number of hydrogen-bond donors (Lipinski definition) is 1. The second-order valence-corrected chi connectivity index (χ2v) is 16.5. The summed E-state index contributed by atoms with van der Waals surface area (Å²) in [5.74, 6) is -1.71. The predicted octanol–water partition coefficient (Wildman–Crippen LogP) is 6.78. The summed E-state index contributed by atoms with van der Waals surface area (Å²) < 4.78 is 39.5. The molecular weight excluding hydrogens is 677 g/mol. The van der Waals surface area contributed by atoms with Gasteiger partial charge >= 0.3 is 25.7 Å². The van der Waals surface area contributed by atoms with Crippen LogP contribution in [0.1, 0.15) is 89.6 Å². The highest BCUT2D eigenvalue weighted by molar-refractivity contribution is 7.47. The number of phosphoric acid groups is 1. The number of quaternary nitrogens is 1. The number of esters is 3. The molecule has 0 aromatic heterocycles. The molecule has 1 N–H and O–H groups in total. The molecule has 12 nitrogen and oxygen atoms in total. The number of carbonyl (C=O) groups is 4. The Hall–Kier alpha value is -3.41. The van der Waals surface area contributed by atoms with Crippen molar-refractivity contribution < 1.29 is 56.4 Å². The first-order chi connectivity index (χ1) is 23.7. The van der Waals surface area contributed by atoms with Gasteiger partial charge in [-0.15, -0.1) is 0 Å². The molecule has 2 aromatic rings. The van der Waals surface area contributed by atoms with Crippen LogP contribution < -0.4 is 4.74 Å². The number of carbonyl (C=O) groups excluding carboxylic acids is 4. The fourth-order valence-corrected chi connectivity index (χ4v) is 6.24. The number of ether oxygens (including phenoxy) is 3. The van der Waals surface area contributed by atoms with Crippen LogP contribution in [0.15, 0.2) is 54.6 Å². The van der Waals surface area contributed by atoms with E-state index in [1.165, 1.54) is 0 Å². The van der Waals surface area contributed by atoms with E-state index >= 15 is 0 Å². The monoisotopic (exact) mass is 734 g/mol. The second-order valence-electron chi connectivity index (χ2n) is 15.1. The lowest BCUT2D eigenvalue weighted by molar-refractivity contribution is -0.870. The van der Waals surface area contributed by atoms with Gasteiger partial charge in [0.05, 0.1) is 50.6 Å². The number of phosphoric ester groups is 1. The van der Waals surface area contributed by atoms with E-state index in [-0.39, 0.29) is 50.8 Å². The Morgan fingerprint density at radius 1 is 0.706 bits per heavy atom. The fraction of sp³-hybridized carbons (Fsp3) is 0.579. The van der Waals surface area contributed by atoms with Gasteiger partial charge in [0.15, 0.2) is 5.78 Å². The molecule has 0 aliphatic rings. The van der Waals surface area contributed by atoms with Crippen LogP contribution in [-0.4, -0.2) is 87.2 Å². The number of likely N-dealkylation sites (N-methyl/N-ethyl adjacent to an activating group) is 1. The van der Waals surface area contributed by atoms with Crippen molar-refractivity contribution in [1.29, 1.82) is 0 Å². The smallest absolute Gasteiger partial charge is 0.465 e. The van der Waals surface area contributed by atoms with Crippen molar-refractivity contribution in [3.63, 3.8) is 0 Å². The highest BCUT2D eigenvalue weighted by atomic mass is 31.2. The van der Waals surface area contributed by atoms with Gasteiger partial charge in [0, 0.05) is 11.1 Å². The minimum absolute atomic E-state index is 0.00298. The van der Waals surface area contributed by atoms with Crippen molar-refractivity contribution >= 4 is 31.5 Å². The van der Waals surface area contributed by atoms with Gasteiger partial charge in [0.25, 0.3) is 0 Å². The van der Waals surface area contributed by atoms with E-state index in [4.69, 9.17) is 23.3 Å². The Balaban J connectivity index is 2.15. The van der Waals surface area contributed by atoms with Crippen LogP contribution in [0.25, 0.3) is 0 Å². The predicted molar refractivity (Wildman–Crippen MR) is 193 cm³/mol. The third-order valence-corrected chi connectivity index (χ3v) is 9.63.